The van der Waals surface area contributed by atoms with Gasteiger partial charge in [-0.1, -0.05) is 18.2 Å². The van der Waals surface area contributed by atoms with Crippen molar-refractivity contribution in [1.82, 2.24) is 15.0 Å². The Hall–Kier alpha value is -4.86. The molecule has 38 heavy (non-hydrogen) atoms. The molecule has 5 rings (SSSR count). The van der Waals surface area contributed by atoms with Gasteiger partial charge in [0.1, 0.15) is 12.5 Å². The average molecular weight is 512 g/mol. The lowest BCUT2D eigenvalue weighted by molar-refractivity contribution is 0.102. The van der Waals surface area contributed by atoms with Crippen LogP contribution in [-0.4, -0.2) is 33.9 Å². The lowest BCUT2D eigenvalue weighted by Gasteiger charge is -2.35. The fourth-order valence-corrected chi connectivity index (χ4v) is 4.29. The second-order valence-corrected chi connectivity index (χ2v) is 9.07. The molecule has 1 aliphatic rings. The highest BCUT2D eigenvalue weighted by molar-refractivity contribution is 6.07. The van der Waals surface area contributed by atoms with E-state index in [1.54, 1.807) is 54.7 Å². The minimum Gasteiger partial charge on any atom is -0.324 e. The number of anilines is 5. The van der Waals surface area contributed by atoms with Crippen molar-refractivity contribution < 1.29 is 14.0 Å². The van der Waals surface area contributed by atoms with Crippen LogP contribution in [0.5, 0.6) is 0 Å². The number of alkyl halides is 1. The summed E-state index contributed by atoms with van der Waals surface area (Å²) in [6.07, 6.45) is 3.40. The van der Waals surface area contributed by atoms with Gasteiger partial charge in [0, 0.05) is 47.6 Å². The molecule has 0 bridgehead atoms. The highest BCUT2D eigenvalue weighted by Gasteiger charge is 2.31. The first-order chi connectivity index (χ1) is 18.3. The van der Waals surface area contributed by atoms with Gasteiger partial charge in [-0.05, 0) is 61.4 Å². The van der Waals surface area contributed by atoms with Gasteiger partial charge in [0.15, 0.2) is 0 Å². The maximum Gasteiger partial charge on any atom is 0.330 e. The van der Waals surface area contributed by atoms with E-state index in [-0.39, 0.29) is 18.5 Å². The highest BCUT2D eigenvalue weighted by Crippen LogP contribution is 2.33. The Morgan fingerprint density at radius 2 is 1.89 bits per heavy atom. The molecular weight excluding hydrogens is 485 g/mol. The third kappa shape index (κ3) is 5.01. The van der Waals surface area contributed by atoms with Gasteiger partial charge >= 0.3 is 6.03 Å². The van der Waals surface area contributed by atoms with E-state index in [2.05, 4.69) is 25.6 Å². The third-order valence-corrected chi connectivity index (χ3v) is 6.26. The van der Waals surface area contributed by atoms with Gasteiger partial charge < -0.3 is 10.6 Å². The van der Waals surface area contributed by atoms with Crippen molar-refractivity contribution in [1.29, 1.82) is 0 Å². The van der Waals surface area contributed by atoms with Crippen molar-refractivity contribution in [3.63, 3.8) is 0 Å². The zero-order valence-corrected chi connectivity index (χ0v) is 21.2. The Labute approximate surface area is 219 Å². The highest BCUT2D eigenvalue weighted by atomic mass is 19.1. The maximum absolute atomic E-state index is 13.4. The van der Waals surface area contributed by atoms with Gasteiger partial charge in [0.05, 0.1) is 12.2 Å². The van der Waals surface area contributed by atoms with Crippen LogP contribution >= 0.6 is 0 Å². The second-order valence-electron chi connectivity index (χ2n) is 9.07. The molecule has 0 aliphatic carbocycles. The van der Waals surface area contributed by atoms with Crippen LogP contribution in [0.2, 0.25) is 0 Å². The standard InChI is InChI=1S/C28H26FN7O2/c1-17-7-8-22(32-26(37)20-6-4-5-19(12-20)14-29)13-24(17)36-16-21-15-31-27(34-25(21)35(3)28(36)38)33-23-9-10-30-18(2)11-23/h4-13,15H,14,16H2,1-3H3,(H,32,37)(H,30,31,33,34). The van der Waals surface area contributed by atoms with Gasteiger partial charge in [-0.2, -0.15) is 4.98 Å². The smallest absolute Gasteiger partial charge is 0.324 e. The summed E-state index contributed by atoms with van der Waals surface area (Å²) in [5.74, 6) is 0.532. The van der Waals surface area contributed by atoms with E-state index in [1.807, 2.05) is 32.0 Å². The summed E-state index contributed by atoms with van der Waals surface area (Å²) in [6.45, 7) is 3.41. The summed E-state index contributed by atoms with van der Waals surface area (Å²) in [4.78, 5) is 42.5. The van der Waals surface area contributed by atoms with Crippen molar-refractivity contribution in [2.75, 3.05) is 27.5 Å². The number of nitrogens with one attached hydrogen (secondary N) is 2. The van der Waals surface area contributed by atoms with E-state index in [9.17, 15) is 14.0 Å². The molecule has 2 aromatic heterocycles. The molecule has 4 aromatic rings. The maximum atomic E-state index is 13.4. The van der Waals surface area contributed by atoms with Gasteiger partial charge in [-0.25, -0.2) is 14.2 Å². The zero-order chi connectivity index (χ0) is 26.8. The Kier molecular flexibility index (Phi) is 6.69. The number of carbonyl (C=O) groups is 2. The first-order valence-electron chi connectivity index (χ1n) is 12.0. The Bertz CT molecular complexity index is 1540. The van der Waals surface area contributed by atoms with Gasteiger partial charge in [0.2, 0.25) is 5.95 Å². The molecule has 0 saturated heterocycles. The Morgan fingerprint density at radius 1 is 1.05 bits per heavy atom. The van der Waals surface area contributed by atoms with Crippen LogP contribution in [-0.2, 0) is 13.2 Å². The van der Waals surface area contributed by atoms with E-state index in [1.165, 1.54) is 11.0 Å². The minimum absolute atomic E-state index is 0.260. The summed E-state index contributed by atoms with van der Waals surface area (Å²) in [6, 6.07) is 15.2. The van der Waals surface area contributed by atoms with Crippen molar-refractivity contribution in [2.24, 2.45) is 0 Å². The summed E-state index contributed by atoms with van der Waals surface area (Å²) >= 11 is 0. The Morgan fingerprint density at radius 3 is 2.68 bits per heavy atom. The molecule has 3 amide bonds. The van der Waals surface area contributed by atoms with E-state index >= 15 is 0 Å². The number of amides is 3. The lowest BCUT2D eigenvalue weighted by atomic mass is 10.1. The van der Waals surface area contributed by atoms with Crippen LogP contribution in [0.15, 0.2) is 67.0 Å². The largest absolute Gasteiger partial charge is 0.330 e. The number of nitrogens with zero attached hydrogens (tertiary/aromatic N) is 5. The summed E-state index contributed by atoms with van der Waals surface area (Å²) in [5.41, 5.74) is 5.25. The SMILES string of the molecule is Cc1cc(Nc2ncc3c(n2)N(C)C(=O)N(c2cc(NC(=O)c4cccc(CF)c4)ccc2C)C3)ccn1. The molecule has 0 spiro atoms. The molecule has 3 heterocycles. The number of halogens is 1. The predicted octanol–water partition coefficient (Wildman–Crippen LogP) is 5.53. The zero-order valence-electron chi connectivity index (χ0n) is 21.2. The predicted molar refractivity (Wildman–Crippen MR) is 145 cm³/mol. The monoisotopic (exact) mass is 511 g/mol. The van der Waals surface area contributed by atoms with Crippen LogP contribution in [0, 0.1) is 13.8 Å². The molecule has 2 N–H and O–H groups in total. The lowest BCUT2D eigenvalue weighted by Crippen LogP contribution is -2.46. The van der Waals surface area contributed by atoms with Crippen LogP contribution in [0.25, 0.3) is 0 Å². The van der Waals surface area contributed by atoms with Crippen LogP contribution in [0.3, 0.4) is 0 Å². The third-order valence-electron chi connectivity index (χ3n) is 6.26. The number of rotatable bonds is 6. The fourth-order valence-electron chi connectivity index (χ4n) is 4.29. The molecule has 0 unspecified atom stereocenters. The molecular formula is C28H26FN7O2. The average Bonchev–Trinajstić information content (AvgIpc) is 2.92. The molecule has 1 aliphatic heterocycles. The van der Waals surface area contributed by atoms with Crippen molar-refractivity contribution in [2.45, 2.75) is 27.1 Å². The number of pyridine rings is 1. The van der Waals surface area contributed by atoms with Crippen molar-refractivity contribution in [3.05, 3.63) is 94.9 Å². The molecule has 9 nitrogen and oxygen atoms in total. The van der Waals surface area contributed by atoms with Crippen LogP contribution in [0.1, 0.15) is 32.7 Å². The van der Waals surface area contributed by atoms with E-state index in [0.717, 1.165) is 22.5 Å². The van der Waals surface area contributed by atoms with Gasteiger partial charge in [0.25, 0.3) is 5.91 Å². The van der Waals surface area contributed by atoms with Crippen LogP contribution < -0.4 is 20.4 Å². The number of hydrogen-bond acceptors (Lipinski definition) is 6. The molecule has 0 atom stereocenters. The second kappa shape index (κ2) is 10.3. The molecule has 0 fully saturated rings. The van der Waals surface area contributed by atoms with E-state index < -0.39 is 6.67 Å². The van der Waals surface area contributed by atoms with E-state index in [4.69, 9.17) is 0 Å². The summed E-state index contributed by atoms with van der Waals surface area (Å²) in [5, 5.41) is 6.00. The fraction of sp³-hybridized carbons (Fsp3) is 0.179. The molecule has 192 valence electrons. The first-order valence-corrected chi connectivity index (χ1v) is 12.0. The van der Waals surface area contributed by atoms with E-state index in [0.29, 0.717) is 34.3 Å². The van der Waals surface area contributed by atoms with Crippen LogP contribution in [0.4, 0.5) is 38.0 Å². The summed E-state index contributed by atoms with van der Waals surface area (Å²) < 4.78 is 13.0. The number of benzene rings is 2. The molecule has 2 aromatic carbocycles. The Balaban J connectivity index is 1.38. The number of urea groups is 1. The number of aryl methyl sites for hydroxylation is 2. The quantitative estimate of drug-likeness (QED) is 0.353. The molecule has 0 radical (unpaired) electrons. The number of hydrogen-bond donors (Lipinski definition) is 2. The minimum atomic E-state index is -0.646. The van der Waals surface area contributed by atoms with Crippen molar-refractivity contribution in [3.8, 4) is 0 Å². The van der Waals surface area contributed by atoms with Crippen molar-refractivity contribution >= 4 is 40.8 Å². The number of aromatic nitrogens is 3. The number of fused-ring (bicyclic) bond motifs is 1. The van der Waals surface area contributed by atoms with Gasteiger partial charge in [-0.3, -0.25) is 19.6 Å². The first kappa shape index (κ1) is 24.8. The molecule has 0 saturated carbocycles. The normalized spacial score (nSPS) is 12.8. The number of carbonyl (C=O) groups excluding carboxylic acids is 2. The van der Waals surface area contributed by atoms with Gasteiger partial charge in [-0.15, -0.1) is 0 Å². The molecule has 10 heteroatoms. The summed E-state index contributed by atoms with van der Waals surface area (Å²) in [7, 11) is 1.67. The topological polar surface area (TPSA) is 103 Å².